The van der Waals surface area contributed by atoms with Gasteiger partial charge in [-0.1, -0.05) is 6.07 Å². The molecule has 0 aliphatic rings. The molecule has 3 rings (SSSR count). The van der Waals surface area contributed by atoms with Crippen molar-refractivity contribution in [3.8, 4) is 34.5 Å². The largest absolute Gasteiger partial charge is 0.508 e. The van der Waals surface area contributed by atoms with Crippen LogP contribution in [-0.2, 0) is 12.8 Å². The highest BCUT2D eigenvalue weighted by molar-refractivity contribution is 5.51. The van der Waals surface area contributed by atoms with Crippen molar-refractivity contribution < 1.29 is 44.5 Å². The molecule has 0 aliphatic carbocycles. The number of aliphatic hydroxyl groups excluding tert-OH is 3. The maximum atomic E-state index is 10.7. The third kappa shape index (κ3) is 6.91. The van der Waals surface area contributed by atoms with E-state index in [0.717, 1.165) is 11.8 Å². The van der Waals surface area contributed by atoms with Crippen molar-refractivity contribution in [2.24, 2.45) is 0 Å². The van der Waals surface area contributed by atoms with Gasteiger partial charge in [-0.2, -0.15) is 0 Å². The summed E-state index contributed by atoms with van der Waals surface area (Å²) in [6.07, 6.45) is -0.637. The first-order valence-corrected chi connectivity index (χ1v) is 11.3. The molecule has 1 aromatic heterocycles. The molecule has 10 heteroatoms. The first-order valence-electron chi connectivity index (χ1n) is 11.3. The van der Waals surface area contributed by atoms with E-state index in [4.69, 9.17) is 24.1 Å². The Hall–Kier alpha value is -3.73. The molecule has 0 spiro atoms. The van der Waals surface area contributed by atoms with Crippen LogP contribution in [0.3, 0.4) is 0 Å². The van der Waals surface area contributed by atoms with Crippen molar-refractivity contribution in [1.82, 2.24) is 4.98 Å². The van der Waals surface area contributed by atoms with Gasteiger partial charge < -0.3 is 44.5 Å². The quantitative estimate of drug-likeness (QED) is 0.236. The number of phenols is 2. The average Bonchev–Trinajstić information content (AvgIpc) is 2.87. The monoisotopic (exact) mass is 501 g/mol. The highest BCUT2D eigenvalue weighted by atomic mass is 16.5. The predicted molar refractivity (Wildman–Crippen MR) is 130 cm³/mol. The summed E-state index contributed by atoms with van der Waals surface area (Å²) in [4.78, 5) is 4.31. The zero-order valence-electron chi connectivity index (χ0n) is 20.1. The topological polar surface area (TPSA) is 151 Å². The Kier molecular flexibility index (Phi) is 9.57. The lowest BCUT2D eigenvalue weighted by Gasteiger charge is -2.22. The number of rotatable bonds is 13. The van der Waals surface area contributed by atoms with Gasteiger partial charge in [-0.05, 0) is 29.8 Å². The number of pyridine rings is 1. The Morgan fingerprint density at radius 2 is 1.64 bits per heavy atom. The predicted octanol–water partition coefficient (Wildman–Crippen LogP) is 2.14. The van der Waals surface area contributed by atoms with Crippen molar-refractivity contribution in [3.63, 3.8) is 0 Å². The molecule has 0 fully saturated rings. The second-order valence-corrected chi connectivity index (χ2v) is 7.94. The molecule has 0 saturated carbocycles. The van der Waals surface area contributed by atoms with Crippen molar-refractivity contribution in [2.45, 2.75) is 25.0 Å². The van der Waals surface area contributed by atoms with Gasteiger partial charge in [0.2, 0.25) is 0 Å². The molecule has 1 heterocycles. The van der Waals surface area contributed by atoms with Crippen LogP contribution in [0, 0.1) is 0 Å². The van der Waals surface area contributed by atoms with E-state index < -0.39 is 18.0 Å². The molecule has 0 saturated heterocycles. The molecule has 0 amide bonds. The number of benzene rings is 2. The molecule has 2 atom stereocenters. The fraction of sp³-hybridized carbons (Fsp3) is 0.346. The maximum Gasteiger partial charge on any atom is 0.161 e. The normalized spacial score (nSPS) is 12.6. The molecule has 2 aromatic carbocycles. The Morgan fingerprint density at radius 3 is 2.31 bits per heavy atom. The Labute approximate surface area is 208 Å². The summed E-state index contributed by atoms with van der Waals surface area (Å²) in [7, 11) is 2.90. The van der Waals surface area contributed by atoms with E-state index in [1.165, 1.54) is 13.2 Å². The fourth-order valence-corrected chi connectivity index (χ4v) is 3.62. The van der Waals surface area contributed by atoms with Crippen LogP contribution in [0.1, 0.15) is 22.9 Å². The number of methoxy groups -OCH3 is 2. The summed E-state index contributed by atoms with van der Waals surface area (Å²) in [6.45, 7) is 0.207. The van der Waals surface area contributed by atoms with E-state index in [1.54, 1.807) is 31.5 Å². The molecule has 0 aliphatic heterocycles. The van der Waals surface area contributed by atoms with Gasteiger partial charge in [0.15, 0.2) is 11.5 Å². The van der Waals surface area contributed by atoms with Gasteiger partial charge in [0.25, 0.3) is 0 Å². The second-order valence-electron chi connectivity index (χ2n) is 7.94. The summed E-state index contributed by atoms with van der Waals surface area (Å²) >= 11 is 0. The van der Waals surface area contributed by atoms with Crippen LogP contribution < -0.4 is 18.9 Å². The molecular weight excluding hydrogens is 470 g/mol. The maximum absolute atomic E-state index is 10.7. The van der Waals surface area contributed by atoms with E-state index >= 15 is 0 Å². The molecule has 194 valence electrons. The average molecular weight is 502 g/mol. The molecule has 2 unspecified atom stereocenters. The van der Waals surface area contributed by atoms with Gasteiger partial charge in [0.1, 0.15) is 35.7 Å². The van der Waals surface area contributed by atoms with E-state index in [0.29, 0.717) is 35.8 Å². The van der Waals surface area contributed by atoms with Crippen molar-refractivity contribution in [3.05, 3.63) is 65.5 Å². The lowest BCUT2D eigenvalue weighted by Crippen LogP contribution is -2.21. The number of nitrogens with zero attached hydrogens (tertiary/aromatic N) is 1. The Bertz CT molecular complexity index is 1120. The molecule has 3 aromatic rings. The van der Waals surface area contributed by atoms with Gasteiger partial charge in [0.05, 0.1) is 45.3 Å². The van der Waals surface area contributed by atoms with Gasteiger partial charge in [0, 0.05) is 30.7 Å². The highest BCUT2D eigenvalue weighted by Crippen LogP contribution is 2.39. The molecule has 0 radical (unpaired) electrons. The fourth-order valence-electron chi connectivity index (χ4n) is 3.62. The Morgan fingerprint density at radius 1 is 0.861 bits per heavy atom. The van der Waals surface area contributed by atoms with Crippen LogP contribution in [-0.4, -0.2) is 70.7 Å². The van der Waals surface area contributed by atoms with Gasteiger partial charge in [-0.25, -0.2) is 0 Å². The molecule has 5 N–H and O–H groups in total. The first kappa shape index (κ1) is 26.9. The van der Waals surface area contributed by atoms with E-state index in [9.17, 15) is 20.4 Å². The minimum atomic E-state index is -1.49. The third-order valence-corrected chi connectivity index (χ3v) is 5.44. The zero-order chi connectivity index (χ0) is 26.1. The first-order chi connectivity index (χ1) is 17.4. The Balaban J connectivity index is 1.73. The zero-order valence-corrected chi connectivity index (χ0v) is 20.1. The van der Waals surface area contributed by atoms with Crippen molar-refractivity contribution in [1.29, 1.82) is 0 Å². The summed E-state index contributed by atoms with van der Waals surface area (Å²) in [5.74, 6) is 0.890. The van der Waals surface area contributed by atoms with E-state index in [2.05, 4.69) is 4.98 Å². The lowest BCUT2D eigenvalue weighted by molar-refractivity contribution is 0.0161. The van der Waals surface area contributed by atoms with Crippen LogP contribution in [0.25, 0.3) is 0 Å². The summed E-state index contributed by atoms with van der Waals surface area (Å²) in [5, 5.41) is 50.4. The molecule has 10 nitrogen and oxygen atoms in total. The molecule has 0 bridgehead atoms. The van der Waals surface area contributed by atoms with Crippen LogP contribution in [0.5, 0.6) is 34.5 Å². The van der Waals surface area contributed by atoms with Crippen LogP contribution in [0.2, 0.25) is 0 Å². The van der Waals surface area contributed by atoms with Gasteiger partial charge in [-0.3, -0.25) is 4.98 Å². The second kappa shape index (κ2) is 12.8. The number of hydrogen-bond donors (Lipinski definition) is 5. The summed E-state index contributed by atoms with van der Waals surface area (Å²) in [5.41, 5.74) is 1.41. The van der Waals surface area contributed by atoms with Gasteiger partial charge in [-0.15, -0.1) is 0 Å². The third-order valence-electron chi connectivity index (χ3n) is 5.44. The number of phenolic OH excluding ortho intramolecular Hbond substituents is 2. The van der Waals surface area contributed by atoms with E-state index in [-0.39, 0.29) is 36.7 Å². The smallest absolute Gasteiger partial charge is 0.161 e. The SMILES string of the molecule is COc1ccc(CCOc2cc(CC(O)C(O)c3c(O)cc(O)cc3OC)ccc2OCCO)nc1. The van der Waals surface area contributed by atoms with Crippen LogP contribution >= 0.6 is 0 Å². The molecule has 36 heavy (non-hydrogen) atoms. The number of aliphatic hydroxyl groups is 3. The minimum Gasteiger partial charge on any atom is -0.508 e. The standard InChI is InChI=1S/C26H31NO9/c1-33-19-5-4-17(27-15-19)7-9-35-23-12-16(3-6-22(23)36-10-8-28)11-21(31)26(32)25-20(30)13-18(29)14-24(25)34-2/h3-6,12-15,21,26,28-32H,7-11H2,1-2H3. The summed E-state index contributed by atoms with van der Waals surface area (Å²) in [6, 6.07) is 11.0. The lowest BCUT2D eigenvalue weighted by atomic mass is 9.96. The number of ether oxygens (including phenoxy) is 4. The number of aromatic nitrogens is 1. The highest BCUT2D eigenvalue weighted by Gasteiger charge is 2.26. The van der Waals surface area contributed by atoms with Crippen molar-refractivity contribution in [2.75, 3.05) is 34.0 Å². The van der Waals surface area contributed by atoms with Crippen molar-refractivity contribution >= 4 is 0 Å². The van der Waals surface area contributed by atoms with E-state index in [1.807, 2.05) is 12.1 Å². The van der Waals surface area contributed by atoms with Crippen LogP contribution in [0.4, 0.5) is 0 Å². The summed E-state index contributed by atoms with van der Waals surface area (Å²) < 4.78 is 21.7. The number of aromatic hydroxyl groups is 2. The number of hydrogen-bond acceptors (Lipinski definition) is 10. The molecular formula is C26H31NO9. The minimum absolute atomic E-state index is 0.0152. The van der Waals surface area contributed by atoms with Crippen LogP contribution in [0.15, 0.2) is 48.7 Å². The van der Waals surface area contributed by atoms with Gasteiger partial charge >= 0.3 is 0 Å².